The van der Waals surface area contributed by atoms with E-state index in [0.717, 1.165) is 5.56 Å². The van der Waals surface area contributed by atoms with Gasteiger partial charge in [0.1, 0.15) is 5.82 Å². The molecule has 92 valence electrons. The second-order valence-corrected chi connectivity index (χ2v) is 3.77. The van der Waals surface area contributed by atoms with Gasteiger partial charge in [0.2, 0.25) is 0 Å². The van der Waals surface area contributed by atoms with Crippen LogP contribution in [0.15, 0.2) is 54.6 Å². The van der Waals surface area contributed by atoms with Crippen LogP contribution in [0, 0.1) is 5.82 Å². The van der Waals surface area contributed by atoms with Gasteiger partial charge in [-0.15, -0.1) is 0 Å². The van der Waals surface area contributed by atoms with Crippen molar-refractivity contribution in [2.75, 3.05) is 0 Å². The summed E-state index contributed by atoms with van der Waals surface area (Å²) < 4.78 is 13.3. The fourth-order valence-corrected chi connectivity index (χ4v) is 1.54. The highest BCUT2D eigenvalue weighted by atomic mass is 19.1. The molecule has 0 aliphatic carbocycles. The molecular formula is C14H13FN2O. The van der Waals surface area contributed by atoms with E-state index < -0.39 is 11.7 Å². The molecule has 0 aliphatic rings. The number of benzene rings is 2. The van der Waals surface area contributed by atoms with Crippen molar-refractivity contribution in [3.8, 4) is 0 Å². The molecule has 2 aromatic carbocycles. The number of carbonyl (C=O) groups excluding carboxylic acids is 1. The van der Waals surface area contributed by atoms with Crippen molar-refractivity contribution in [3.05, 3.63) is 71.5 Å². The number of amides is 1. The lowest BCUT2D eigenvalue weighted by atomic mass is 10.2. The topological polar surface area (TPSA) is 41.1 Å². The van der Waals surface area contributed by atoms with Crippen LogP contribution in [0.4, 0.5) is 4.39 Å². The van der Waals surface area contributed by atoms with Crippen LogP contribution in [0.3, 0.4) is 0 Å². The Labute approximate surface area is 105 Å². The van der Waals surface area contributed by atoms with E-state index in [0.29, 0.717) is 6.54 Å². The monoisotopic (exact) mass is 244 g/mol. The minimum atomic E-state index is -0.531. The summed E-state index contributed by atoms with van der Waals surface area (Å²) >= 11 is 0. The van der Waals surface area contributed by atoms with Crippen molar-refractivity contribution in [3.63, 3.8) is 0 Å². The summed E-state index contributed by atoms with van der Waals surface area (Å²) in [7, 11) is 0. The maximum absolute atomic E-state index is 13.3. The second kappa shape index (κ2) is 5.93. The number of hydrogen-bond donors (Lipinski definition) is 2. The van der Waals surface area contributed by atoms with Gasteiger partial charge >= 0.3 is 0 Å². The van der Waals surface area contributed by atoms with Crippen LogP contribution in [-0.4, -0.2) is 5.91 Å². The van der Waals surface area contributed by atoms with Gasteiger partial charge in [-0.2, -0.15) is 0 Å². The van der Waals surface area contributed by atoms with E-state index in [2.05, 4.69) is 10.9 Å². The third kappa shape index (κ3) is 3.15. The summed E-state index contributed by atoms with van der Waals surface area (Å²) in [5, 5.41) is 0. The predicted molar refractivity (Wildman–Crippen MR) is 67.1 cm³/mol. The van der Waals surface area contributed by atoms with Gasteiger partial charge in [-0.1, -0.05) is 42.5 Å². The van der Waals surface area contributed by atoms with Gasteiger partial charge in [0.15, 0.2) is 0 Å². The molecule has 0 saturated heterocycles. The van der Waals surface area contributed by atoms with Gasteiger partial charge in [-0.3, -0.25) is 10.2 Å². The van der Waals surface area contributed by atoms with Gasteiger partial charge in [-0.05, 0) is 17.7 Å². The third-order valence-electron chi connectivity index (χ3n) is 2.46. The Morgan fingerprint density at radius 3 is 2.39 bits per heavy atom. The molecule has 0 heterocycles. The Balaban J connectivity index is 1.88. The molecule has 0 unspecified atom stereocenters. The van der Waals surface area contributed by atoms with Crippen molar-refractivity contribution in [2.45, 2.75) is 6.54 Å². The summed E-state index contributed by atoms with van der Waals surface area (Å²) in [5.41, 5.74) is 6.28. The van der Waals surface area contributed by atoms with Crippen LogP contribution in [-0.2, 0) is 6.54 Å². The van der Waals surface area contributed by atoms with Crippen molar-refractivity contribution < 1.29 is 9.18 Å². The molecule has 2 rings (SSSR count). The van der Waals surface area contributed by atoms with E-state index in [1.165, 1.54) is 12.1 Å². The largest absolute Gasteiger partial charge is 0.287 e. The number of hydrogen-bond acceptors (Lipinski definition) is 2. The highest BCUT2D eigenvalue weighted by Crippen LogP contribution is 2.05. The van der Waals surface area contributed by atoms with Crippen molar-refractivity contribution in [1.29, 1.82) is 0 Å². The fraction of sp³-hybridized carbons (Fsp3) is 0.0714. The van der Waals surface area contributed by atoms with Crippen LogP contribution in [0.2, 0.25) is 0 Å². The average Bonchev–Trinajstić information content (AvgIpc) is 2.40. The molecule has 0 bridgehead atoms. The molecule has 0 aliphatic heterocycles. The molecule has 1 amide bonds. The Morgan fingerprint density at radius 2 is 1.67 bits per heavy atom. The second-order valence-electron chi connectivity index (χ2n) is 3.77. The van der Waals surface area contributed by atoms with Gasteiger partial charge < -0.3 is 0 Å². The fourth-order valence-electron chi connectivity index (χ4n) is 1.54. The summed E-state index contributed by atoms with van der Waals surface area (Å²) in [6.45, 7) is 0.487. The van der Waals surface area contributed by atoms with E-state index in [1.54, 1.807) is 12.1 Å². The Hall–Kier alpha value is -2.20. The Morgan fingerprint density at radius 1 is 1.00 bits per heavy atom. The van der Waals surface area contributed by atoms with Crippen LogP contribution >= 0.6 is 0 Å². The summed E-state index contributed by atoms with van der Waals surface area (Å²) in [6, 6.07) is 15.5. The van der Waals surface area contributed by atoms with E-state index >= 15 is 0 Å². The van der Waals surface area contributed by atoms with Crippen LogP contribution in [0.1, 0.15) is 15.9 Å². The lowest BCUT2D eigenvalue weighted by Gasteiger charge is -2.07. The molecule has 0 spiro atoms. The first kappa shape index (κ1) is 12.3. The minimum Gasteiger partial charge on any atom is -0.287 e. The zero-order valence-corrected chi connectivity index (χ0v) is 9.69. The standard InChI is InChI=1S/C14H13FN2O/c15-13-9-5-4-8-12(13)14(18)17-16-10-11-6-2-1-3-7-11/h1-9,16H,10H2,(H,17,18). The van der Waals surface area contributed by atoms with E-state index in [9.17, 15) is 9.18 Å². The minimum absolute atomic E-state index is 0.0260. The van der Waals surface area contributed by atoms with Crippen molar-refractivity contribution in [1.82, 2.24) is 10.9 Å². The molecule has 4 heteroatoms. The van der Waals surface area contributed by atoms with Gasteiger partial charge in [0, 0.05) is 6.54 Å². The van der Waals surface area contributed by atoms with Crippen LogP contribution < -0.4 is 10.9 Å². The van der Waals surface area contributed by atoms with Crippen LogP contribution in [0.25, 0.3) is 0 Å². The third-order valence-corrected chi connectivity index (χ3v) is 2.46. The Bertz CT molecular complexity index is 528. The number of halogens is 1. The summed E-state index contributed by atoms with van der Waals surface area (Å²) in [4.78, 5) is 11.6. The zero-order chi connectivity index (χ0) is 12.8. The number of hydrazine groups is 1. The lowest BCUT2D eigenvalue weighted by Crippen LogP contribution is -2.37. The quantitative estimate of drug-likeness (QED) is 0.810. The maximum atomic E-state index is 13.3. The lowest BCUT2D eigenvalue weighted by molar-refractivity contribution is 0.0928. The number of nitrogens with one attached hydrogen (secondary N) is 2. The average molecular weight is 244 g/mol. The predicted octanol–water partition coefficient (Wildman–Crippen LogP) is 2.26. The van der Waals surface area contributed by atoms with Crippen LogP contribution in [0.5, 0.6) is 0 Å². The summed E-state index contributed by atoms with van der Waals surface area (Å²) in [5.74, 6) is -1.01. The first-order valence-electron chi connectivity index (χ1n) is 5.59. The normalized spacial score (nSPS) is 10.1. The molecule has 0 aromatic heterocycles. The Kier molecular flexibility index (Phi) is 4.04. The van der Waals surface area contributed by atoms with E-state index in [-0.39, 0.29) is 5.56 Å². The van der Waals surface area contributed by atoms with Gasteiger partial charge in [-0.25, -0.2) is 9.82 Å². The molecular weight excluding hydrogens is 231 g/mol. The molecule has 2 N–H and O–H groups in total. The highest BCUT2D eigenvalue weighted by molar-refractivity contribution is 5.94. The molecule has 3 nitrogen and oxygen atoms in total. The zero-order valence-electron chi connectivity index (χ0n) is 9.69. The smallest absolute Gasteiger partial charge is 0.268 e. The first-order valence-corrected chi connectivity index (χ1v) is 5.59. The molecule has 2 aromatic rings. The SMILES string of the molecule is O=C(NNCc1ccccc1)c1ccccc1F. The molecule has 18 heavy (non-hydrogen) atoms. The van der Waals surface area contributed by atoms with Crippen molar-refractivity contribution in [2.24, 2.45) is 0 Å². The highest BCUT2D eigenvalue weighted by Gasteiger charge is 2.09. The van der Waals surface area contributed by atoms with Gasteiger partial charge in [0.25, 0.3) is 5.91 Å². The van der Waals surface area contributed by atoms with E-state index in [1.807, 2.05) is 30.3 Å². The first-order chi connectivity index (χ1) is 8.77. The molecule has 0 saturated carbocycles. The number of carbonyl (C=O) groups is 1. The molecule has 0 fully saturated rings. The molecule has 0 radical (unpaired) electrons. The maximum Gasteiger partial charge on any atom is 0.268 e. The van der Waals surface area contributed by atoms with Crippen molar-refractivity contribution >= 4 is 5.91 Å². The van der Waals surface area contributed by atoms with E-state index in [4.69, 9.17) is 0 Å². The summed E-state index contributed by atoms with van der Waals surface area (Å²) in [6.07, 6.45) is 0. The van der Waals surface area contributed by atoms with Gasteiger partial charge in [0.05, 0.1) is 5.56 Å². The number of rotatable bonds is 4. The molecule has 0 atom stereocenters.